The SMILES string of the molecule is Cc1ccc(N(C[C@H](O)C[NH+]2CCCCC2)S(=O)(=O)c2ccc(C)cc2)cc1. The number of rotatable bonds is 7. The van der Waals surface area contributed by atoms with Crippen LogP contribution >= 0.6 is 0 Å². The van der Waals surface area contributed by atoms with Crippen molar-refractivity contribution in [3.63, 3.8) is 0 Å². The predicted molar refractivity (Wildman–Crippen MR) is 112 cm³/mol. The molecule has 0 amide bonds. The molecule has 6 heteroatoms. The number of hydrogen-bond donors (Lipinski definition) is 2. The summed E-state index contributed by atoms with van der Waals surface area (Å²) in [5.74, 6) is 0. The van der Waals surface area contributed by atoms with Crippen LogP contribution in [0.25, 0.3) is 0 Å². The minimum Gasteiger partial charge on any atom is -0.385 e. The van der Waals surface area contributed by atoms with Gasteiger partial charge in [0.15, 0.2) is 0 Å². The Morgan fingerprint density at radius 2 is 1.46 bits per heavy atom. The molecule has 1 saturated heterocycles. The van der Waals surface area contributed by atoms with Gasteiger partial charge < -0.3 is 10.0 Å². The first-order valence-corrected chi connectivity index (χ1v) is 11.5. The fourth-order valence-corrected chi connectivity index (χ4v) is 5.24. The molecule has 1 heterocycles. The van der Waals surface area contributed by atoms with Gasteiger partial charge in [0.25, 0.3) is 10.0 Å². The second kappa shape index (κ2) is 9.07. The molecule has 3 rings (SSSR count). The molecule has 1 fully saturated rings. The highest BCUT2D eigenvalue weighted by Crippen LogP contribution is 2.24. The molecule has 1 atom stereocenters. The van der Waals surface area contributed by atoms with Crippen molar-refractivity contribution in [3.05, 3.63) is 59.7 Å². The van der Waals surface area contributed by atoms with Crippen LogP contribution in [0.5, 0.6) is 0 Å². The van der Waals surface area contributed by atoms with Gasteiger partial charge in [0.05, 0.1) is 30.2 Å². The van der Waals surface area contributed by atoms with E-state index in [2.05, 4.69) is 0 Å². The van der Waals surface area contributed by atoms with Gasteiger partial charge >= 0.3 is 0 Å². The van der Waals surface area contributed by atoms with Crippen LogP contribution in [0.15, 0.2) is 53.4 Å². The summed E-state index contributed by atoms with van der Waals surface area (Å²) in [5.41, 5.74) is 2.66. The number of quaternary nitrogens is 1. The molecule has 0 radical (unpaired) electrons. The van der Waals surface area contributed by atoms with E-state index in [4.69, 9.17) is 0 Å². The molecular weight excluding hydrogens is 372 g/mol. The minimum atomic E-state index is -3.76. The summed E-state index contributed by atoms with van der Waals surface area (Å²) < 4.78 is 28.1. The zero-order chi connectivity index (χ0) is 20.1. The van der Waals surface area contributed by atoms with E-state index in [1.54, 1.807) is 24.3 Å². The van der Waals surface area contributed by atoms with Gasteiger partial charge in [0.1, 0.15) is 12.6 Å². The third kappa shape index (κ3) is 5.13. The number of benzene rings is 2. The Labute approximate surface area is 168 Å². The van der Waals surface area contributed by atoms with Crippen molar-refractivity contribution in [2.45, 2.75) is 44.1 Å². The standard InChI is InChI=1S/C22H30N2O3S/c1-18-6-10-20(11-7-18)24(17-21(25)16-23-14-4-3-5-15-23)28(26,27)22-12-8-19(2)9-13-22/h6-13,21,25H,3-5,14-17H2,1-2H3/p+1/t21-/m1/s1. The van der Waals surface area contributed by atoms with Crippen LogP contribution in [0.1, 0.15) is 30.4 Å². The van der Waals surface area contributed by atoms with Crippen LogP contribution in [0.4, 0.5) is 5.69 Å². The molecule has 5 nitrogen and oxygen atoms in total. The van der Waals surface area contributed by atoms with E-state index in [1.165, 1.54) is 28.5 Å². The molecule has 2 aromatic rings. The highest BCUT2D eigenvalue weighted by Gasteiger charge is 2.29. The molecule has 0 spiro atoms. The molecule has 0 bridgehead atoms. The Morgan fingerprint density at radius 1 is 0.929 bits per heavy atom. The van der Waals surface area contributed by atoms with Crippen molar-refractivity contribution >= 4 is 15.7 Å². The number of sulfonamides is 1. The van der Waals surface area contributed by atoms with E-state index in [9.17, 15) is 13.5 Å². The maximum atomic E-state index is 13.4. The molecule has 1 aliphatic rings. The van der Waals surface area contributed by atoms with Gasteiger partial charge in [-0.2, -0.15) is 0 Å². The lowest BCUT2D eigenvalue weighted by molar-refractivity contribution is -0.907. The van der Waals surface area contributed by atoms with Crippen molar-refractivity contribution in [2.24, 2.45) is 0 Å². The van der Waals surface area contributed by atoms with Crippen LogP contribution in [-0.4, -0.2) is 45.8 Å². The number of nitrogens with zero attached hydrogens (tertiary/aromatic N) is 1. The number of piperidine rings is 1. The first-order chi connectivity index (χ1) is 13.4. The summed E-state index contributed by atoms with van der Waals surface area (Å²) in [5, 5.41) is 10.7. The van der Waals surface area contributed by atoms with E-state index in [1.807, 2.05) is 38.1 Å². The Kier molecular flexibility index (Phi) is 6.75. The van der Waals surface area contributed by atoms with Gasteiger partial charge in [-0.3, -0.25) is 4.31 Å². The molecule has 2 aromatic carbocycles. The highest BCUT2D eigenvalue weighted by atomic mass is 32.2. The Bertz CT molecular complexity index is 858. The van der Waals surface area contributed by atoms with Crippen LogP contribution in [-0.2, 0) is 10.0 Å². The van der Waals surface area contributed by atoms with Crippen molar-refractivity contribution < 1.29 is 18.4 Å². The number of likely N-dealkylation sites (tertiary alicyclic amines) is 1. The number of nitrogens with one attached hydrogen (secondary N) is 1. The Balaban J connectivity index is 1.86. The summed E-state index contributed by atoms with van der Waals surface area (Å²) in [4.78, 5) is 1.60. The average Bonchev–Trinajstić information content (AvgIpc) is 2.68. The zero-order valence-corrected chi connectivity index (χ0v) is 17.6. The van der Waals surface area contributed by atoms with Crippen LogP contribution in [0.3, 0.4) is 0 Å². The second-order valence-electron chi connectivity index (χ2n) is 7.85. The van der Waals surface area contributed by atoms with Gasteiger partial charge in [-0.1, -0.05) is 35.4 Å². The van der Waals surface area contributed by atoms with Crippen LogP contribution in [0, 0.1) is 13.8 Å². The van der Waals surface area contributed by atoms with Gasteiger partial charge in [0, 0.05) is 0 Å². The van der Waals surface area contributed by atoms with E-state index in [0.717, 1.165) is 24.2 Å². The molecule has 152 valence electrons. The molecule has 1 aliphatic heterocycles. The van der Waals surface area contributed by atoms with Crippen molar-refractivity contribution in [1.82, 2.24) is 0 Å². The predicted octanol–water partition coefficient (Wildman–Crippen LogP) is 1.93. The fourth-order valence-electron chi connectivity index (χ4n) is 3.74. The molecule has 2 N–H and O–H groups in total. The zero-order valence-electron chi connectivity index (χ0n) is 16.8. The van der Waals surface area contributed by atoms with Gasteiger partial charge in [-0.15, -0.1) is 0 Å². The number of aliphatic hydroxyl groups is 1. The van der Waals surface area contributed by atoms with Crippen molar-refractivity contribution in [1.29, 1.82) is 0 Å². The van der Waals surface area contributed by atoms with Gasteiger partial charge in [0.2, 0.25) is 0 Å². The molecule has 0 aromatic heterocycles. The molecule has 0 saturated carbocycles. The second-order valence-corrected chi connectivity index (χ2v) is 9.72. The van der Waals surface area contributed by atoms with Gasteiger partial charge in [-0.25, -0.2) is 8.42 Å². The normalized spacial score (nSPS) is 16.7. The number of anilines is 1. The topological polar surface area (TPSA) is 62.1 Å². The highest BCUT2D eigenvalue weighted by molar-refractivity contribution is 7.92. The quantitative estimate of drug-likeness (QED) is 0.743. The Morgan fingerprint density at radius 3 is 2.04 bits per heavy atom. The third-order valence-corrected chi connectivity index (χ3v) is 7.20. The smallest absolute Gasteiger partial charge is 0.264 e. The summed E-state index contributed by atoms with van der Waals surface area (Å²) >= 11 is 0. The van der Waals surface area contributed by atoms with Crippen molar-refractivity contribution in [2.75, 3.05) is 30.5 Å². The molecule has 0 unspecified atom stereocenters. The summed E-state index contributed by atoms with van der Waals surface area (Å²) in [6.07, 6.45) is 2.88. The molecule has 0 aliphatic carbocycles. The lowest BCUT2D eigenvalue weighted by Gasteiger charge is -2.30. The Hall–Kier alpha value is -1.89. The number of aliphatic hydroxyl groups excluding tert-OH is 1. The van der Waals surface area contributed by atoms with Crippen LogP contribution in [0.2, 0.25) is 0 Å². The first kappa shape index (κ1) is 20.8. The fraction of sp³-hybridized carbons (Fsp3) is 0.455. The van der Waals surface area contributed by atoms with E-state index < -0.39 is 16.1 Å². The van der Waals surface area contributed by atoms with Crippen molar-refractivity contribution in [3.8, 4) is 0 Å². The van der Waals surface area contributed by atoms with E-state index >= 15 is 0 Å². The lowest BCUT2D eigenvalue weighted by atomic mass is 10.1. The van der Waals surface area contributed by atoms with Crippen LogP contribution < -0.4 is 9.21 Å². The van der Waals surface area contributed by atoms with E-state index in [0.29, 0.717) is 12.2 Å². The number of hydrogen-bond acceptors (Lipinski definition) is 3. The monoisotopic (exact) mass is 403 g/mol. The lowest BCUT2D eigenvalue weighted by Crippen LogP contribution is -3.14. The minimum absolute atomic E-state index is 0.0583. The summed E-state index contributed by atoms with van der Waals surface area (Å²) in [6.45, 7) is 6.63. The average molecular weight is 404 g/mol. The number of aryl methyl sites for hydroxylation is 2. The molecule has 28 heavy (non-hydrogen) atoms. The maximum Gasteiger partial charge on any atom is 0.264 e. The largest absolute Gasteiger partial charge is 0.385 e. The third-order valence-electron chi connectivity index (χ3n) is 5.39. The molecular formula is C22H31N2O3S+. The summed E-state index contributed by atoms with van der Waals surface area (Å²) in [7, 11) is -3.76. The van der Waals surface area contributed by atoms with Gasteiger partial charge in [-0.05, 0) is 57.4 Å². The first-order valence-electron chi connectivity index (χ1n) is 10.0. The maximum absolute atomic E-state index is 13.4. The summed E-state index contributed by atoms with van der Waals surface area (Å²) in [6, 6.07) is 14.3. The van der Waals surface area contributed by atoms with E-state index in [-0.39, 0.29) is 11.4 Å².